The van der Waals surface area contributed by atoms with Crippen molar-refractivity contribution in [3.05, 3.63) is 76.6 Å². The number of thiophene rings is 4. The lowest BCUT2D eigenvalue weighted by molar-refractivity contribution is 0.896. The molecule has 2 atom stereocenters. The van der Waals surface area contributed by atoms with Crippen LogP contribution in [-0.4, -0.2) is 15.2 Å². The largest absolute Gasteiger partial charge is 0.153 e. The minimum absolute atomic E-state index is 0.651. The van der Waals surface area contributed by atoms with Gasteiger partial charge in [0.25, 0.3) is 0 Å². The smallest absolute Gasteiger partial charge is 0.136 e. The Hall–Kier alpha value is 0.194. The fraction of sp³-hybridized carbons (Fsp3) is 0.333. The standard InChI is InChI=1S/C24H28Br2S4Si2/c1-4-31(5-2,20(19-9-7-15-27-19)17-18-11-12-21(25)29-18)32(6-3,23-10-8-16-28-23)24-14-13-22(26)30-24/h7-16,20H,4-6,17H2,1-3H3. The second-order valence-electron chi connectivity index (χ2n) is 8.18. The van der Waals surface area contributed by atoms with Crippen molar-refractivity contribution >= 4 is 101 Å². The highest BCUT2D eigenvalue weighted by atomic mass is 79.9. The summed E-state index contributed by atoms with van der Waals surface area (Å²) < 4.78 is 5.92. The van der Waals surface area contributed by atoms with Gasteiger partial charge in [-0.2, -0.15) is 11.3 Å². The third-order valence-corrected chi connectivity index (χ3v) is 36.1. The van der Waals surface area contributed by atoms with E-state index >= 15 is 0 Å². The first-order valence-corrected chi connectivity index (χ1v) is 21.8. The molecule has 8 heteroatoms. The molecule has 4 aromatic rings. The van der Waals surface area contributed by atoms with Crippen LogP contribution in [0.15, 0.2) is 66.9 Å². The van der Waals surface area contributed by atoms with Gasteiger partial charge in [0.1, 0.15) is 7.59 Å². The summed E-state index contributed by atoms with van der Waals surface area (Å²) in [7, 11) is -3.77. The Bertz CT molecular complexity index is 1110. The van der Waals surface area contributed by atoms with Gasteiger partial charge in [-0.05, 0) is 87.8 Å². The first-order valence-electron chi connectivity index (χ1n) is 11.1. The van der Waals surface area contributed by atoms with Gasteiger partial charge < -0.3 is 0 Å². The van der Waals surface area contributed by atoms with Crippen molar-refractivity contribution in [2.45, 2.75) is 50.9 Å². The van der Waals surface area contributed by atoms with Crippen LogP contribution in [0.1, 0.15) is 36.1 Å². The van der Waals surface area contributed by atoms with Crippen molar-refractivity contribution in [2.24, 2.45) is 0 Å². The van der Waals surface area contributed by atoms with Crippen LogP contribution in [0.3, 0.4) is 0 Å². The van der Waals surface area contributed by atoms with Gasteiger partial charge in [0.15, 0.2) is 0 Å². The predicted molar refractivity (Wildman–Crippen MR) is 161 cm³/mol. The van der Waals surface area contributed by atoms with E-state index in [0.29, 0.717) is 5.54 Å². The van der Waals surface area contributed by atoms with E-state index in [-0.39, 0.29) is 0 Å². The van der Waals surface area contributed by atoms with Crippen molar-refractivity contribution < 1.29 is 0 Å². The van der Waals surface area contributed by atoms with E-state index < -0.39 is 15.2 Å². The van der Waals surface area contributed by atoms with Crippen molar-refractivity contribution in [1.29, 1.82) is 0 Å². The van der Waals surface area contributed by atoms with Gasteiger partial charge in [-0.15, -0.1) is 34.0 Å². The van der Waals surface area contributed by atoms with Gasteiger partial charge in [0.2, 0.25) is 0 Å². The van der Waals surface area contributed by atoms with Crippen LogP contribution in [0.2, 0.25) is 18.1 Å². The third kappa shape index (κ3) is 4.43. The molecular formula is C24H28Br2S4Si2. The molecular weight excluding hydrogens is 633 g/mol. The first kappa shape index (κ1) is 25.3. The summed E-state index contributed by atoms with van der Waals surface area (Å²) in [6.45, 7) is 7.54. The number of hydrogen-bond acceptors (Lipinski definition) is 4. The maximum atomic E-state index is 3.82. The Balaban J connectivity index is 1.99. The molecule has 0 nitrogen and oxygen atoms in total. The number of halogens is 2. The predicted octanol–water partition coefficient (Wildman–Crippen LogP) is 9.17. The van der Waals surface area contributed by atoms with Gasteiger partial charge in [0, 0.05) is 9.75 Å². The molecule has 0 spiro atoms. The third-order valence-electron chi connectivity index (χ3n) is 7.17. The summed E-state index contributed by atoms with van der Waals surface area (Å²) in [4.78, 5) is 3.13. The zero-order valence-corrected chi connectivity index (χ0v) is 27.0. The lowest BCUT2D eigenvalue weighted by atomic mass is 10.2. The maximum Gasteiger partial charge on any atom is 0.136 e. The molecule has 4 heterocycles. The second-order valence-corrected chi connectivity index (χ2v) is 29.4. The molecule has 32 heavy (non-hydrogen) atoms. The Labute approximate surface area is 226 Å². The van der Waals surface area contributed by atoms with E-state index in [4.69, 9.17) is 0 Å². The van der Waals surface area contributed by atoms with Crippen LogP contribution < -0.4 is 9.00 Å². The molecule has 0 amide bonds. The molecule has 0 aliphatic carbocycles. The van der Waals surface area contributed by atoms with Crippen molar-refractivity contribution in [3.63, 3.8) is 0 Å². The molecule has 0 bridgehead atoms. The molecule has 0 saturated carbocycles. The topological polar surface area (TPSA) is 0 Å². The van der Waals surface area contributed by atoms with Crippen LogP contribution >= 0.6 is 77.2 Å². The number of hydrogen-bond donors (Lipinski definition) is 0. The van der Waals surface area contributed by atoms with Gasteiger partial charge in [0.05, 0.1) is 15.2 Å². The minimum Gasteiger partial charge on any atom is -0.153 e. The van der Waals surface area contributed by atoms with E-state index in [9.17, 15) is 0 Å². The van der Waals surface area contributed by atoms with Crippen LogP contribution in [0.4, 0.5) is 0 Å². The van der Waals surface area contributed by atoms with Crippen LogP contribution in [0.5, 0.6) is 0 Å². The van der Waals surface area contributed by atoms with Crippen molar-refractivity contribution in [2.75, 3.05) is 0 Å². The molecule has 4 rings (SSSR count). The maximum absolute atomic E-state index is 3.82. The summed E-state index contributed by atoms with van der Waals surface area (Å²) in [5.41, 5.74) is 0.651. The van der Waals surface area contributed by atoms with Crippen LogP contribution in [0.25, 0.3) is 0 Å². The molecule has 0 saturated heterocycles. The highest BCUT2D eigenvalue weighted by molar-refractivity contribution is 9.11. The molecule has 2 unspecified atom stereocenters. The van der Waals surface area contributed by atoms with E-state index in [1.165, 1.54) is 37.0 Å². The average molecular weight is 661 g/mol. The molecule has 0 aromatic carbocycles. The first-order chi connectivity index (χ1) is 15.5. The number of rotatable bonds is 10. The molecule has 4 aromatic heterocycles. The zero-order chi connectivity index (χ0) is 22.8. The molecule has 0 radical (unpaired) electrons. The summed E-state index contributed by atoms with van der Waals surface area (Å²) in [6.07, 6.45) is 1.18. The van der Waals surface area contributed by atoms with E-state index in [1.807, 2.05) is 45.3 Å². The summed E-state index contributed by atoms with van der Waals surface area (Å²) in [5, 5.41) is 4.61. The quantitative estimate of drug-likeness (QED) is 0.149. The second kappa shape index (κ2) is 10.9. The molecule has 0 N–H and O–H groups in total. The highest BCUT2D eigenvalue weighted by Crippen LogP contribution is 2.46. The Morgan fingerprint density at radius 2 is 1.44 bits per heavy atom. The van der Waals surface area contributed by atoms with E-state index in [2.05, 4.69) is 112 Å². The Morgan fingerprint density at radius 1 is 0.750 bits per heavy atom. The monoisotopic (exact) mass is 658 g/mol. The van der Waals surface area contributed by atoms with Gasteiger partial charge in [-0.3, -0.25) is 0 Å². The fourth-order valence-corrected chi connectivity index (χ4v) is 39.4. The minimum atomic E-state index is -1.95. The van der Waals surface area contributed by atoms with Gasteiger partial charge >= 0.3 is 0 Å². The van der Waals surface area contributed by atoms with Crippen molar-refractivity contribution in [3.8, 4) is 0 Å². The van der Waals surface area contributed by atoms with Crippen molar-refractivity contribution in [1.82, 2.24) is 0 Å². The van der Waals surface area contributed by atoms with Crippen LogP contribution in [0, 0.1) is 0 Å². The highest BCUT2D eigenvalue weighted by Gasteiger charge is 2.59. The summed E-state index contributed by atoms with van der Waals surface area (Å²) in [5.74, 6) is 0. The van der Waals surface area contributed by atoms with E-state index in [0.717, 1.165) is 0 Å². The average Bonchev–Trinajstić information content (AvgIpc) is 3.60. The van der Waals surface area contributed by atoms with Gasteiger partial charge in [-0.1, -0.05) is 63.2 Å². The normalized spacial score (nSPS) is 15.0. The van der Waals surface area contributed by atoms with Crippen LogP contribution in [-0.2, 0) is 6.42 Å². The lowest BCUT2D eigenvalue weighted by Gasteiger charge is -2.50. The summed E-state index contributed by atoms with van der Waals surface area (Å²) >= 11 is 15.5. The molecule has 0 aliphatic heterocycles. The molecule has 0 fully saturated rings. The summed E-state index contributed by atoms with van der Waals surface area (Å²) in [6, 6.07) is 22.8. The molecule has 170 valence electrons. The lowest BCUT2D eigenvalue weighted by Crippen LogP contribution is -2.77. The van der Waals surface area contributed by atoms with Gasteiger partial charge in [-0.25, -0.2) is 0 Å². The zero-order valence-electron chi connectivity index (χ0n) is 18.6. The fourth-order valence-electron chi connectivity index (χ4n) is 5.74. The molecule has 0 aliphatic rings. The Morgan fingerprint density at radius 3 is 1.94 bits per heavy atom. The SMILES string of the molecule is CC[Si](c1cccs1)(c1ccc(Br)s1)[Si](CC)(CC)C(Cc1ccc(Br)s1)c1cccs1. The van der Waals surface area contributed by atoms with E-state index in [1.54, 1.807) is 13.9 Å². The Kier molecular flexibility index (Phi) is 8.58.